The maximum Gasteiger partial charge on any atom is 0.339 e. The first-order valence-corrected chi connectivity index (χ1v) is 10.9. The van der Waals surface area contributed by atoms with Gasteiger partial charge in [0.05, 0.1) is 26.2 Å². The van der Waals surface area contributed by atoms with Crippen LogP contribution in [0, 0.1) is 10.1 Å². The number of hydrogen-bond acceptors (Lipinski definition) is 7. The minimum Gasteiger partial charge on any atom is -0.461 e. The van der Waals surface area contributed by atoms with Gasteiger partial charge in [0.25, 0.3) is 5.69 Å². The topological polar surface area (TPSA) is 104 Å². The van der Waals surface area contributed by atoms with Gasteiger partial charge in [-0.1, -0.05) is 23.7 Å². The number of carbonyl (C=O) groups is 1. The molecule has 0 N–H and O–H groups in total. The minimum atomic E-state index is -3.56. The highest BCUT2D eigenvalue weighted by Crippen LogP contribution is 2.43. The summed E-state index contributed by atoms with van der Waals surface area (Å²) in [5.74, 6) is -0.296. The van der Waals surface area contributed by atoms with Crippen LogP contribution in [0.2, 0.25) is 5.02 Å². The van der Waals surface area contributed by atoms with Gasteiger partial charge in [-0.25, -0.2) is 13.2 Å². The average molecular weight is 428 g/mol. The second-order valence-corrected chi connectivity index (χ2v) is 9.46. The van der Waals surface area contributed by atoms with Crippen molar-refractivity contribution in [3.63, 3.8) is 0 Å². The fourth-order valence-corrected chi connectivity index (χ4v) is 6.40. The molecule has 2 aromatic carbocycles. The highest BCUT2D eigenvalue weighted by Gasteiger charge is 2.36. The largest absolute Gasteiger partial charge is 0.461 e. The van der Waals surface area contributed by atoms with Crippen LogP contribution in [0.1, 0.15) is 21.2 Å². The van der Waals surface area contributed by atoms with Gasteiger partial charge in [0, 0.05) is 23.1 Å². The summed E-state index contributed by atoms with van der Waals surface area (Å²) in [6, 6.07) is 10.4. The number of non-ortho nitro benzene ring substituents is 1. The van der Waals surface area contributed by atoms with Gasteiger partial charge in [0.1, 0.15) is 6.61 Å². The van der Waals surface area contributed by atoms with Crippen molar-refractivity contribution in [3.05, 3.63) is 68.7 Å². The lowest BCUT2D eigenvalue weighted by Crippen LogP contribution is -2.09. The number of sulfone groups is 1. The van der Waals surface area contributed by atoms with Crippen molar-refractivity contribution in [1.29, 1.82) is 0 Å². The molecule has 0 fully saturated rings. The highest BCUT2D eigenvalue weighted by atomic mass is 35.5. The van der Waals surface area contributed by atoms with E-state index in [2.05, 4.69) is 0 Å². The number of fused-ring (bicyclic) bond motifs is 1. The third kappa shape index (κ3) is 4.26. The number of thioether (sulfide) groups is 1. The van der Waals surface area contributed by atoms with Gasteiger partial charge in [-0.2, -0.15) is 0 Å². The van der Waals surface area contributed by atoms with Crippen LogP contribution >= 0.6 is 23.4 Å². The van der Waals surface area contributed by atoms with E-state index in [0.29, 0.717) is 16.3 Å². The Hall–Kier alpha value is -2.10. The van der Waals surface area contributed by atoms with Crippen LogP contribution in [0.3, 0.4) is 0 Å². The quantitative estimate of drug-likeness (QED) is 0.300. The Morgan fingerprint density at radius 2 is 2.04 bits per heavy atom. The van der Waals surface area contributed by atoms with Crippen LogP contribution in [0.15, 0.2) is 47.4 Å². The van der Waals surface area contributed by atoms with Crippen LogP contribution in [-0.2, 0) is 14.6 Å². The predicted molar refractivity (Wildman–Crippen MR) is 102 cm³/mol. The molecule has 2 aromatic rings. The number of nitro groups is 1. The molecule has 7 nitrogen and oxygen atoms in total. The fourth-order valence-electron chi connectivity index (χ4n) is 2.72. The Kier molecular flexibility index (Phi) is 5.73. The van der Waals surface area contributed by atoms with Crippen molar-refractivity contribution in [2.24, 2.45) is 0 Å². The van der Waals surface area contributed by atoms with E-state index in [4.69, 9.17) is 16.3 Å². The van der Waals surface area contributed by atoms with Crippen LogP contribution < -0.4 is 0 Å². The maximum atomic E-state index is 12.3. The zero-order chi connectivity index (χ0) is 19.6. The van der Waals surface area contributed by atoms with E-state index in [9.17, 15) is 23.3 Å². The second-order valence-electron chi connectivity index (χ2n) is 5.74. The molecule has 0 radical (unpaired) electrons. The van der Waals surface area contributed by atoms with E-state index in [0.717, 1.165) is 6.07 Å². The first-order valence-electron chi connectivity index (χ1n) is 7.84. The smallest absolute Gasteiger partial charge is 0.339 e. The molecule has 1 aliphatic rings. The number of hydrogen-bond donors (Lipinski definition) is 0. The molecule has 3 rings (SSSR count). The van der Waals surface area contributed by atoms with E-state index < -0.39 is 20.7 Å². The number of ether oxygens (including phenoxy) is 1. The van der Waals surface area contributed by atoms with Crippen molar-refractivity contribution in [2.45, 2.75) is 10.1 Å². The third-order valence-corrected chi connectivity index (χ3v) is 7.55. The van der Waals surface area contributed by atoms with Gasteiger partial charge >= 0.3 is 5.97 Å². The predicted octanol–water partition coefficient (Wildman–Crippen LogP) is 3.67. The molecule has 0 spiro atoms. The lowest BCUT2D eigenvalue weighted by Gasteiger charge is -2.10. The zero-order valence-electron chi connectivity index (χ0n) is 13.8. The molecule has 0 unspecified atom stereocenters. The second kappa shape index (κ2) is 7.87. The third-order valence-electron chi connectivity index (χ3n) is 3.99. The fraction of sp³-hybridized carbons (Fsp3) is 0.235. The molecule has 10 heteroatoms. The van der Waals surface area contributed by atoms with Crippen LogP contribution in [0.4, 0.5) is 5.69 Å². The van der Waals surface area contributed by atoms with Crippen LogP contribution in [0.25, 0.3) is 0 Å². The molecule has 0 aliphatic carbocycles. The van der Waals surface area contributed by atoms with E-state index in [1.54, 1.807) is 24.3 Å². The molecule has 0 saturated carbocycles. The van der Waals surface area contributed by atoms with E-state index in [1.807, 2.05) is 0 Å². The lowest BCUT2D eigenvalue weighted by molar-refractivity contribution is -0.385. The van der Waals surface area contributed by atoms with Crippen molar-refractivity contribution in [2.75, 3.05) is 18.1 Å². The number of carbonyl (C=O) groups excluding carboxylic acids is 1. The maximum absolute atomic E-state index is 12.3. The number of rotatable bonds is 6. The summed E-state index contributed by atoms with van der Waals surface area (Å²) in [4.78, 5) is 22.2. The van der Waals surface area contributed by atoms with Crippen molar-refractivity contribution in [3.8, 4) is 0 Å². The lowest BCUT2D eigenvalue weighted by atomic mass is 10.1. The Balaban J connectivity index is 1.61. The SMILES string of the molecule is O=C(OCCS[C@@H]1CS(=O)(=O)c2cc([N+](=O)[O-])ccc21)c1ccccc1Cl. The van der Waals surface area contributed by atoms with Gasteiger partial charge in [0.2, 0.25) is 0 Å². The van der Waals surface area contributed by atoms with Crippen LogP contribution in [0.5, 0.6) is 0 Å². The van der Waals surface area contributed by atoms with Crippen LogP contribution in [-0.4, -0.2) is 37.4 Å². The summed E-state index contributed by atoms with van der Waals surface area (Å²) >= 11 is 7.26. The average Bonchev–Trinajstić information content (AvgIpc) is 2.89. The van der Waals surface area contributed by atoms with Gasteiger partial charge in [-0.3, -0.25) is 10.1 Å². The van der Waals surface area contributed by atoms with Gasteiger partial charge in [-0.15, -0.1) is 11.8 Å². The summed E-state index contributed by atoms with van der Waals surface area (Å²) < 4.78 is 29.7. The molecule has 1 aliphatic heterocycles. The molecule has 142 valence electrons. The standard InChI is InChI=1S/C17H14ClNO6S2/c18-14-4-2-1-3-12(14)17(20)25-7-8-26-15-10-27(23,24)16-9-11(19(21)22)5-6-13(15)16/h1-6,9,15H,7-8,10H2/t15-/m1/s1. The summed E-state index contributed by atoms with van der Waals surface area (Å²) in [7, 11) is -3.56. The number of benzene rings is 2. The number of nitro benzene ring substituents is 1. The minimum absolute atomic E-state index is 0.00209. The van der Waals surface area contributed by atoms with E-state index in [1.165, 1.54) is 23.9 Å². The highest BCUT2D eigenvalue weighted by molar-refractivity contribution is 8.01. The molecule has 1 atom stereocenters. The molecular formula is C17H14ClNO6S2. The molecular weight excluding hydrogens is 414 g/mol. The summed E-state index contributed by atoms with van der Waals surface area (Å²) in [5, 5.41) is 10.8. The number of nitrogens with zero attached hydrogens (tertiary/aromatic N) is 1. The summed E-state index contributed by atoms with van der Waals surface area (Å²) in [6.07, 6.45) is 0. The summed E-state index contributed by atoms with van der Waals surface area (Å²) in [5.41, 5.74) is 0.560. The monoisotopic (exact) mass is 427 g/mol. The Labute approximate surface area is 164 Å². The Bertz CT molecular complexity index is 1010. The summed E-state index contributed by atoms with van der Waals surface area (Å²) in [6.45, 7) is 0.0909. The first-order chi connectivity index (χ1) is 12.8. The van der Waals surface area contributed by atoms with Gasteiger partial charge in [0.15, 0.2) is 9.84 Å². The van der Waals surface area contributed by atoms with Crippen molar-refractivity contribution >= 4 is 44.9 Å². The van der Waals surface area contributed by atoms with E-state index in [-0.39, 0.29) is 33.8 Å². The molecule has 27 heavy (non-hydrogen) atoms. The molecule has 1 heterocycles. The zero-order valence-corrected chi connectivity index (χ0v) is 16.2. The molecule has 0 amide bonds. The van der Waals surface area contributed by atoms with Crippen molar-refractivity contribution < 1.29 is 22.9 Å². The van der Waals surface area contributed by atoms with E-state index >= 15 is 0 Å². The normalized spacial score (nSPS) is 17.3. The Morgan fingerprint density at radius 3 is 2.74 bits per heavy atom. The van der Waals surface area contributed by atoms with Gasteiger partial charge in [-0.05, 0) is 23.8 Å². The van der Waals surface area contributed by atoms with Crippen molar-refractivity contribution in [1.82, 2.24) is 0 Å². The Morgan fingerprint density at radius 1 is 1.30 bits per heavy atom. The van der Waals surface area contributed by atoms with Gasteiger partial charge < -0.3 is 4.74 Å². The molecule has 0 saturated heterocycles. The number of esters is 1. The molecule has 0 aromatic heterocycles. The first kappa shape index (κ1) is 19.7. The molecule has 0 bridgehead atoms. The number of halogens is 1.